The Balaban J connectivity index is 1.84. The summed E-state index contributed by atoms with van der Waals surface area (Å²) >= 11 is 5.94. The maximum Gasteiger partial charge on any atom is 0.249 e. The van der Waals surface area contributed by atoms with Crippen molar-refractivity contribution in [3.8, 4) is 0 Å². The van der Waals surface area contributed by atoms with Crippen molar-refractivity contribution in [2.45, 2.75) is 50.7 Å². The number of halogens is 1. The molecule has 0 bridgehead atoms. The lowest BCUT2D eigenvalue weighted by Crippen LogP contribution is -2.46. The fourth-order valence-electron chi connectivity index (χ4n) is 2.64. The lowest BCUT2D eigenvalue weighted by molar-refractivity contribution is -0.131. The van der Waals surface area contributed by atoms with Crippen LogP contribution in [-0.4, -0.2) is 30.5 Å². The Morgan fingerprint density at radius 1 is 1.25 bits per heavy atom. The molecule has 1 saturated heterocycles. The summed E-state index contributed by atoms with van der Waals surface area (Å²) < 4.78 is 5.38. The summed E-state index contributed by atoms with van der Waals surface area (Å²) in [7, 11) is 0. The van der Waals surface area contributed by atoms with Crippen LogP contribution in [-0.2, 0) is 9.53 Å². The van der Waals surface area contributed by atoms with Gasteiger partial charge in [-0.25, -0.2) is 0 Å². The minimum Gasteiger partial charge on any atom is -0.368 e. The molecule has 1 amide bonds. The first-order valence-corrected chi connectivity index (χ1v) is 6.82. The minimum absolute atomic E-state index is 0.0690. The van der Waals surface area contributed by atoms with Crippen LogP contribution >= 0.6 is 11.6 Å². The standard InChI is InChI=1S/C12H20ClNO2/c13-8-9-4-1-2-5-10(9)14-12(15)11-6-3-7-16-11/h9-11H,1-8H2,(H,14,15). The zero-order chi connectivity index (χ0) is 11.4. The Morgan fingerprint density at radius 3 is 2.75 bits per heavy atom. The Labute approximate surface area is 102 Å². The molecule has 0 aromatic carbocycles. The summed E-state index contributed by atoms with van der Waals surface area (Å²) in [6.07, 6.45) is 6.30. The van der Waals surface area contributed by atoms with E-state index < -0.39 is 0 Å². The van der Waals surface area contributed by atoms with Crippen LogP contribution in [0.5, 0.6) is 0 Å². The van der Waals surface area contributed by atoms with Gasteiger partial charge < -0.3 is 10.1 Å². The molecule has 92 valence electrons. The van der Waals surface area contributed by atoms with Gasteiger partial charge in [-0.3, -0.25) is 4.79 Å². The summed E-state index contributed by atoms with van der Waals surface area (Å²) in [6, 6.07) is 0.267. The molecule has 1 aliphatic heterocycles. The van der Waals surface area contributed by atoms with Gasteiger partial charge in [-0.05, 0) is 31.6 Å². The molecule has 2 aliphatic rings. The molecule has 3 unspecified atom stereocenters. The predicted molar refractivity (Wildman–Crippen MR) is 63.6 cm³/mol. The van der Waals surface area contributed by atoms with E-state index >= 15 is 0 Å². The van der Waals surface area contributed by atoms with E-state index in [0.29, 0.717) is 11.8 Å². The number of nitrogens with one attached hydrogen (secondary N) is 1. The fraction of sp³-hybridized carbons (Fsp3) is 0.917. The van der Waals surface area contributed by atoms with Gasteiger partial charge in [-0.15, -0.1) is 11.6 Å². The second-order valence-electron chi connectivity index (χ2n) is 4.82. The van der Waals surface area contributed by atoms with Crippen molar-refractivity contribution in [1.82, 2.24) is 5.32 Å². The van der Waals surface area contributed by atoms with Crippen LogP contribution < -0.4 is 5.32 Å². The maximum atomic E-state index is 11.9. The van der Waals surface area contributed by atoms with Gasteiger partial charge in [0.05, 0.1) is 0 Å². The third-order valence-corrected chi connectivity index (χ3v) is 4.05. The molecule has 1 N–H and O–H groups in total. The predicted octanol–water partition coefficient (Wildman–Crippen LogP) is 2.08. The number of amides is 1. The van der Waals surface area contributed by atoms with E-state index in [1.54, 1.807) is 0 Å². The smallest absolute Gasteiger partial charge is 0.249 e. The average molecular weight is 246 g/mol. The van der Waals surface area contributed by atoms with Crippen molar-refractivity contribution >= 4 is 17.5 Å². The number of alkyl halides is 1. The van der Waals surface area contributed by atoms with Gasteiger partial charge in [0, 0.05) is 18.5 Å². The van der Waals surface area contributed by atoms with Crippen LogP contribution in [0.1, 0.15) is 38.5 Å². The molecule has 2 fully saturated rings. The average Bonchev–Trinajstić information content (AvgIpc) is 2.83. The third kappa shape index (κ3) is 2.89. The summed E-state index contributed by atoms with van der Waals surface area (Å²) in [4.78, 5) is 11.9. The van der Waals surface area contributed by atoms with Gasteiger partial charge in [0.1, 0.15) is 6.10 Å². The molecule has 1 saturated carbocycles. The lowest BCUT2D eigenvalue weighted by atomic mass is 9.85. The quantitative estimate of drug-likeness (QED) is 0.774. The Bertz CT molecular complexity index is 241. The molecule has 2 rings (SSSR count). The Hall–Kier alpha value is -0.280. The van der Waals surface area contributed by atoms with Crippen LogP contribution in [0.2, 0.25) is 0 Å². The second kappa shape index (κ2) is 5.87. The summed E-state index contributed by atoms with van der Waals surface area (Å²) in [5.41, 5.74) is 0. The topological polar surface area (TPSA) is 38.3 Å². The molecule has 1 heterocycles. The van der Waals surface area contributed by atoms with Crippen molar-refractivity contribution < 1.29 is 9.53 Å². The SMILES string of the molecule is O=C(NC1CCCCC1CCl)C1CCCO1. The van der Waals surface area contributed by atoms with E-state index in [-0.39, 0.29) is 18.1 Å². The minimum atomic E-state index is -0.210. The summed E-state index contributed by atoms with van der Waals surface area (Å²) in [6.45, 7) is 0.724. The van der Waals surface area contributed by atoms with Crippen molar-refractivity contribution in [1.29, 1.82) is 0 Å². The van der Waals surface area contributed by atoms with E-state index in [0.717, 1.165) is 32.3 Å². The van der Waals surface area contributed by atoms with Crippen molar-refractivity contribution in [3.05, 3.63) is 0 Å². The normalized spacial score (nSPS) is 34.9. The molecule has 3 atom stereocenters. The highest BCUT2D eigenvalue weighted by Gasteiger charge is 2.30. The molecule has 0 aromatic heterocycles. The van der Waals surface area contributed by atoms with Crippen LogP contribution in [0.15, 0.2) is 0 Å². The maximum absolute atomic E-state index is 11.9. The van der Waals surface area contributed by atoms with Gasteiger partial charge in [-0.2, -0.15) is 0 Å². The highest BCUT2D eigenvalue weighted by Crippen LogP contribution is 2.26. The highest BCUT2D eigenvalue weighted by atomic mass is 35.5. The van der Waals surface area contributed by atoms with E-state index in [4.69, 9.17) is 16.3 Å². The number of carbonyl (C=O) groups excluding carboxylic acids is 1. The van der Waals surface area contributed by atoms with Crippen molar-refractivity contribution in [2.24, 2.45) is 5.92 Å². The molecular weight excluding hydrogens is 226 g/mol. The zero-order valence-corrected chi connectivity index (χ0v) is 10.3. The van der Waals surface area contributed by atoms with Crippen LogP contribution in [0.4, 0.5) is 0 Å². The van der Waals surface area contributed by atoms with Crippen LogP contribution in [0.3, 0.4) is 0 Å². The second-order valence-corrected chi connectivity index (χ2v) is 5.12. The number of hydrogen-bond acceptors (Lipinski definition) is 2. The van der Waals surface area contributed by atoms with Gasteiger partial charge >= 0.3 is 0 Å². The number of hydrogen-bond donors (Lipinski definition) is 1. The van der Waals surface area contributed by atoms with Crippen LogP contribution in [0.25, 0.3) is 0 Å². The van der Waals surface area contributed by atoms with Gasteiger partial charge in [0.15, 0.2) is 0 Å². The largest absolute Gasteiger partial charge is 0.368 e. The lowest BCUT2D eigenvalue weighted by Gasteiger charge is -2.31. The summed E-state index contributed by atoms with van der Waals surface area (Å²) in [5.74, 6) is 1.16. The number of rotatable bonds is 3. The summed E-state index contributed by atoms with van der Waals surface area (Å²) in [5, 5.41) is 3.11. The molecule has 16 heavy (non-hydrogen) atoms. The molecule has 0 aromatic rings. The van der Waals surface area contributed by atoms with Gasteiger partial charge in [-0.1, -0.05) is 12.8 Å². The molecule has 0 radical (unpaired) electrons. The Morgan fingerprint density at radius 2 is 2.06 bits per heavy atom. The molecule has 1 aliphatic carbocycles. The van der Waals surface area contributed by atoms with Crippen molar-refractivity contribution in [3.63, 3.8) is 0 Å². The highest BCUT2D eigenvalue weighted by molar-refractivity contribution is 6.18. The van der Waals surface area contributed by atoms with E-state index in [1.807, 2.05) is 0 Å². The van der Waals surface area contributed by atoms with Crippen molar-refractivity contribution in [2.75, 3.05) is 12.5 Å². The number of carbonyl (C=O) groups is 1. The fourth-order valence-corrected chi connectivity index (χ4v) is 3.01. The molecule has 3 nitrogen and oxygen atoms in total. The molecule has 0 spiro atoms. The first-order valence-electron chi connectivity index (χ1n) is 6.29. The van der Waals surface area contributed by atoms with E-state index in [9.17, 15) is 4.79 Å². The zero-order valence-electron chi connectivity index (χ0n) is 9.58. The van der Waals surface area contributed by atoms with E-state index in [1.165, 1.54) is 12.8 Å². The third-order valence-electron chi connectivity index (χ3n) is 3.66. The van der Waals surface area contributed by atoms with E-state index in [2.05, 4.69) is 5.32 Å². The molecule has 4 heteroatoms. The monoisotopic (exact) mass is 245 g/mol. The van der Waals surface area contributed by atoms with Gasteiger partial charge in [0.2, 0.25) is 5.91 Å². The first kappa shape index (κ1) is 12.2. The molecular formula is C12H20ClNO2. The van der Waals surface area contributed by atoms with Gasteiger partial charge in [0.25, 0.3) is 0 Å². The Kier molecular flexibility index (Phi) is 4.47. The number of ether oxygens (including phenoxy) is 1. The van der Waals surface area contributed by atoms with Crippen LogP contribution in [0, 0.1) is 5.92 Å². The first-order chi connectivity index (χ1) is 7.81.